The van der Waals surface area contributed by atoms with Gasteiger partial charge < -0.3 is 16.2 Å². The zero-order valence-electron chi connectivity index (χ0n) is 12.8. The SMILES string of the molecule is CCCSc1ccc(OCCCc2cnc(N)nc2N)cc1. The molecule has 2 rings (SSSR count). The van der Waals surface area contributed by atoms with E-state index in [1.807, 2.05) is 23.9 Å². The van der Waals surface area contributed by atoms with E-state index in [4.69, 9.17) is 16.2 Å². The van der Waals surface area contributed by atoms with Gasteiger partial charge in [-0.05, 0) is 49.3 Å². The smallest absolute Gasteiger partial charge is 0.221 e. The fourth-order valence-electron chi connectivity index (χ4n) is 1.93. The van der Waals surface area contributed by atoms with Gasteiger partial charge in [-0.1, -0.05) is 6.92 Å². The molecule has 4 N–H and O–H groups in total. The van der Waals surface area contributed by atoms with E-state index in [2.05, 4.69) is 29.0 Å². The van der Waals surface area contributed by atoms with Crippen molar-refractivity contribution in [3.8, 4) is 5.75 Å². The number of nitrogen functional groups attached to an aromatic ring is 2. The largest absolute Gasteiger partial charge is 0.494 e. The number of ether oxygens (including phenoxy) is 1. The Hall–Kier alpha value is -1.95. The van der Waals surface area contributed by atoms with Gasteiger partial charge in [-0.15, -0.1) is 11.8 Å². The molecule has 6 heteroatoms. The maximum absolute atomic E-state index is 5.80. The summed E-state index contributed by atoms with van der Waals surface area (Å²) in [7, 11) is 0. The van der Waals surface area contributed by atoms with Crippen molar-refractivity contribution in [1.82, 2.24) is 9.97 Å². The third-order valence-electron chi connectivity index (χ3n) is 3.07. The minimum absolute atomic E-state index is 0.207. The van der Waals surface area contributed by atoms with Crippen molar-refractivity contribution in [2.75, 3.05) is 23.8 Å². The Morgan fingerprint density at radius 3 is 2.64 bits per heavy atom. The average molecular weight is 318 g/mol. The highest BCUT2D eigenvalue weighted by Crippen LogP contribution is 2.22. The summed E-state index contributed by atoms with van der Waals surface area (Å²) in [6.45, 7) is 2.81. The van der Waals surface area contributed by atoms with Crippen molar-refractivity contribution in [1.29, 1.82) is 0 Å². The number of anilines is 2. The zero-order valence-corrected chi connectivity index (χ0v) is 13.6. The molecule has 0 spiro atoms. The highest BCUT2D eigenvalue weighted by atomic mass is 32.2. The molecular formula is C16H22N4OS. The van der Waals surface area contributed by atoms with Crippen LogP contribution >= 0.6 is 11.8 Å². The molecule has 22 heavy (non-hydrogen) atoms. The molecule has 0 aliphatic rings. The molecule has 0 amide bonds. The molecule has 0 saturated carbocycles. The number of benzene rings is 1. The third kappa shape index (κ3) is 5.11. The molecule has 5 nitrogen and oxygen atoms in total. The number of hydrogen-bond donors (Lipinski definition) is 2. The number of nitrogens with zero attached hydrogens (tertiary/aromatic N) is 2. The van der Waals surface area contributed by atoms with Crippen molar-refractivity contribution in [3.63, 3.8) is 0 Å². The molecule has 0 radical (unpaired) electrons. The van der Waals surface area contributed by atoms with Gasteiger partial charge in [0.05, 0.1) is 6.61 Å². The number of aromatic nitrogens is 2. The molecule has 0 saturated heterocycles. The Morgan fingerprint density at radius 2 is 1.95 bits per heavy atom. The summed E-state index contributed by atoms with van der Waals surface area (Å²) in [5, 5.41) is 0. The van der Waals surface area contributed by atoms with Crippen molar-refractivity contribution in [2.45, 2.75) is 31.1 Å². The lowest BCUT2D eigenvalue weighted by Gasteiger charge is -2.08. The summed E-state index contributed by atoms with van der Waals surface area (Å²) in [4.78, 5) is 9.18. The van der Waals surface area contributed by atoms with Crippen molar-refractivity contribution in [2.24, 2.45) is 0 Å². The minimum Gasteiger partial charge on any atom is -0.494 e. The van der Waals surface area contributed by atoms with Gasteiger partial charge in [-0.25, -0.2) is 4.98 Å². The summed E-state index contributed by atoms with van der Waals surface area (Å²) >= 11 is 1.86. The second kappa shape index (κ2) is 8.48. The van der Waals surface area contributed by atoms with Gasteiger partial charge in [0.25, 0.3) is 0 Å². The summed E-state index contributed by atoms with van der Waals surface area (Å²) in [5.74, 6) is 2.69. The van der Waals surface area contributed by atoms with Gasteiger partial charge in [0.15, 0.2) is 0 Å². The van der Waals surface area contributed by atoms with Crippen molar-refractivity contribution in [3.05, 3.63) is 36.0 Å². The van der Waals surface area contributed by atoms with Gasteiger partial charge in [0, 0.05) is 16.7 Å². The van der Waals surface area contributed by atoms with Crippen LogP contribution < -0.4 is 16.2 Å². The molecule has 2 aromatic rings. The highest BCUT2D eigenvalue weighted by Gasteiger charge is 2.03. The van der Waals surface area contributed by atoms with Gasteiger partial charge in [0.1, 0.15) is 11.6 Å². The number of aryl methyl sites for hydroxylation is 1. The van der Waals surface area contributed by atoms with Gasteiger partial charge in [-0.3, -0.25) is 0 Å². The van der Waals surface area contributed by atoms with E-state index in [9.17, 15) is 0 Å². The maximum atomic E-state index is 5.80. The Bertz CT molecular complexity index is 589. The summed E-state index contributed by atoms with van der Waals surface area (Å²) in [6.07, 6.45) is 4.48. The third-order valence-corrected chi connectivity index (χ3v) is 4.29. The van der Waals surface area contributed by atoms with Crippen molar-refractivity contribution < 1.29 is 4.74 Å². The van der Waals surface area contributed by atoms with Crippen LogP contribution in [0.5, 0.6) is 5.75 Å². The molecule has 0 fully saturated rings. The molecule has 0 aliphatic heterocycles. The van der Waals surface area contributed by atoms with E-state index < -0.39 is 0 Å². The molecule has 118 valence electrons. The summed E-state index contributed by atoms with van der Waals surface area (Å²) in [5.41, 5.74) is 12.2. The van der Waals surface area contributed by atoms with Gasteiger partial charge >= 0.3 is 0 Å². The topological polar surface area (TPSA) is 87.0 Å². The zero-order chi connectivity index (χ0) is 15.8. The molecule has 1 aromatic heterocycles. The van der Waals surface area contributed by atoms with E-state index in [0.29, 0.717) is 12.4 Å². The van der Waals surface area contributed by atoms with E-state index in [-0.39, 0.29) is 5.95 Å². The van der Waals surface area contributed by atoms with E-state index >= 15 is 0 Å². The molecule has 0 unspecified atom stereocenters. The normalized spacial score (nSPS) is 10.6. The van der Waals surface area contributed by atoms with Crippen LogP contribution in [0.3, 0.4) is 0 Å². The van der Waals surface area contributed by atoms with E-state index in [1.54, 1.807) is 6.20 Å². The van der Waals surface area contributed by atoms with E-state index in [0.717, 1.165) is 29.9 Å². The number of thioether (sulfide) groups is 1. The lowest BCUT2D eigenvalue weighted by molar-refractivity contribution is 0.311. The summed E-state index contributed by atoms with van der Waals surface area (Å²) in [6, 6.07) is 8.22. The Balaban J connectivity index is 1.74. The fourth-order valence-corrected chi connectivity index (χ4v) is 2.70. The molecule has 0 aliphatic carbocycles. The number of nitrogens with two attached hydrogens (primary N) is 2. The molecular weight excluding hydrogens is 296 g/mol. The predicted octanol–water partition coefficient (Wildman–Crippen LogP) is 3.15. The van der Waals surface area contributed by atoms with Crippen molar-refractivity contribution >= 4 is 23.5 Å². The first-order valence-corrected chi connectivity index (χ1v) is 8.40. The van der Waals surface area contributed by atoms with E-state index in [1.165, 1.54) is 11.3 Å². The molecule has 1 heterocycles. The fraction of sp³-hybridized carbons (Fsp3) is 0.375. The molecule has 1 aromatic carbocycles. The maximum Gasteiger partial charge on any atom is 0.221 e. The molecule has 0 bridgehead atoms. The van der Waals surface area contributed by atoms with Crippen LogP contribution in [0.4, 0.5) is 11.8 Å². The van der Waals surface area contributed by atoms with Crippen LogP contribution in [0.1, 0.15) is 25.3 Å². The monoisotopic (exact) mass is 318 g/mol. The van der Waals surface area contributed by atoms with Crippen LogP contribution in [0.2, 0.25) is 0 Å². The van der Waals surface area contributed by atoms with Crippen LogP contribution in [-0.4, -0.2) is 22.3 Å². The first-order valence-electron chi connectivity index (χ1n) is 7.41. The standard InChI is InChI=1S/C16H22N4OS/c1-2-10-22-14-7-5-13(6-8-14)21-9-3-4-12-11-19-16(18)20-15(12)17/h5-8,11H,2-4,9-10H2,1H3,(H4,17,18,19,20). The number of rotatable bonds is 8. The number of hydrogen-bond acceptors (Lipinski definition) is 6. The Morgan fingerprint density at radius 1 is 1.18 bits per heavy atom. The first-order chi connectivity index (χ1) is 10.7. The quantitative estimate of drug-likeness (QED) is 0.574. The van der Waals surface area contributed by atoms with Gasteiger partial charge in [0.2, 0.25) is 5.95 Å². The van der Waals surface area contributed by atoms with Crippen LogP contribution in [0.25, 0.3) is 0 Å². The lowest BCUT2D eigenvalue weighted by atomic mass is 10.2. The predicted molar refractivity (Wildman–Crippen MR) is 92.1 cm³/mol. The minimum atomic E-state index is 0.207. The van der Waals surface area contributed by atoms with Crippen LogP contribution in [0.15, 0.2) is 35.4 Å². The molecule has 0 atom stereocenters. The average Bonchev–Trinajstić information content (AvgIpc) is 2.52. The Labute approximate surface area is 135 Å². The first kappa shape index (κ1) is 16.4. The van der Waals surface area contributed by atoms with Gasteiger partial charge in [-0.2, -0.15) is 4.98 Å². The second-order valence-electron chi connectivity index (χ2n) is 4.91. The second-order valence-corrected chi connectivity index (χ2v) is 6.08. The van der Waals surface area contributed by atoms with Crippen LogP contribution in [-0.2, 0) is 6.42 Å². The Kier molecular flexibility index (Phi) is 6.33. The van der Waals surface area contributed by atoms with Crippen LogP contribution in [0, 0.1) is 0 Å². The summed E-state index contributed by atoms with van der Waals surface area (Å²) < 4.78 is 5.74. The lowest BCUT2D eigenvalue weighted by Crippen LogP contribution is -2.05. The highest BCUT2D eigenvalue weighted by molar-refractivity contribution is 7.99.